The molecule has 0 radical (unpaired) electrons. The molecule has 1 aliphatic carbocycles. The minimum Gasteiger partial charge on any atom is -0.373 e. The van der Waals surface area contributed by atoms with Crippen LogP contribution in [0.5, 0.6) is 0 Å². The number of rotatable bonds is 2. The summed E-state index contributed by atoms with van der Waals surface area (Å²) in [5.41, 5.74) is -11.0. The highest BCUT2D eigenvalue weighted by atomic mass is 19.4. The molecule has 0 aliphatic heterocycles. The number of hydrogen-bond acceptors (Lipinski definition) is 2. The van der Waals surface area contributed by atoms with Crippen LogP contribution < -0.4 is 0 Å². The maximum atomic E-state index is 12.8. The van der Waals surface area contributed by atoms with Gasteiger partial charge in [0.2, 0.25) is 0 Å². The van der Waals surface area contributed by atoms with Gasteiger partial charge in [-0.15, -0.1) is 0 Å². The third-order valence-electron chi connectivity index (χ3n) is 4.58. The van der Waals surface area contributed by atoms with Gasteiger partial charge in [0.05, 0.1) is 0 Å². The van der Waals surface area contributed by atoms with Crippen LogP contribution in [0.1, 0.15) is 25.7 Å². The van der Waals surface area contributed by atoms with E-state index in [4.69, 9.17) is 0 Å². The summed E-state index contributed by atoms with van der Waals surface area (Å²) < 4.78 is 154. The van der Waals surface area contributed by atoms with E-state index in [0.717, 1.165) is 0 Å². The summed E-state index contributed by atoms with van der Waals surface area (Å²) >= 11 is 0. The highest BCUT2D eigenvalue weighted by Crippen LogP contribution is 2.57. The summed E-state index contributed by atoms with van der Waals surface area (Å²) in [6.07, 6.45) is -30.7. The van der Waals surface area contributed by atoms with Gasteiger partial charge in [0.1, 0.15) is 0 Å². The minimum atomic E-state index is -6.40. The van der Waals surface area contributed by atoms with Crippen LogP contribution in [-0.2, 0) is 0 Å². The van der Waals surface area contributed by atoms with Gasteiger partial charge >= 0.3 is 24.7 Å². The maximum Gasteiger partial charge on any atom is 0.426 e. The van der Waals surface area contributed by atoms with Gasteiger partial charge in [-0.25, -0.2) is 0 Å². The van der Waals surface area contributed by atoms with Gasteiger partial charge in [0.15, 0.2) is 0 Å². The fraction of sp³-hybridized carbons (Fsp3) is 1.00. The van der Waals surface area contributed by atoms with E-state index < -0.39 is 73.4 Å². The lowest BCUT2D eigenvalue weighted by atomic mass is 9.66. The van der Waals surface area contributed by atoms with Crippen molar-refractivity contribution in [2.45, 2.75) is 61.6 Å². The fourth-order valence-corrected chi connectivity index (χ4v) is 3.20. The van der Waals surface area contributed by atoms with Crippen LogP contribution in [0.4, 0.5) is 52.7 Å². The van der Waals surface area contributed by atoms with E-state index >= 15 is 0 Å². The van der Waals surface area contributed by atoms with Gasteiger partial charge in [-0.05, 0) is 19.3 Å². The normalized spacial score (nSPS) is 24.7. The standard InChI is InChI=1S/C12H12F12O2/c13-9(14,15)7(25,10(16,17)18)5-2-1-3-6(4-5)8(26,11(19,20)21)12(22,23)24/h5-6,25-26H,1-4H2. The lowest BCUT2D eigenvalue weighted by Gasteiger charge is -2.46. The summed E-state index contributed by atoms with van der Waals surface area (Å²) in [5.74, 6) is -6.09. The van der Waals surface area contributed by atoms with Crippen molar-refractivity contribution in [3.63, 3.8) is 0 Å². The predicted molar refractivity (Wildman–Crippen MR) is 59.6 cm³/mol. The zero-order valence-electron chi connectivity index (χ0n) is 12.4. The van der Waals surface area contributed by atoms with Crippen molar-refractivity contribution in [2.75, 3.05) is 0 Å². The molecule has 2 unspecified atom stereocenters. The SMILES string of the molecule is OC(C1CCCC(C(O)(C(F)(F)F)C(F)(F)F)C1)(C(F)(F)F)C(F)(F)F. The molecule has 2 atom stereocenters. The van der Waals surface area contributed by atoms with E-state index in [1.54, 1.807) is 0 Å². The van der Waals surface area contributed by atoms with Crippen LogP contribution in [0.25, 0.3) is 0 Å². The first kappa shape index (κ1) is 23.1. The van der Waals surface area contributed by atoms with Gasteiger partial charge in [-0.3, -0.25) is 0 Å². The first-order valence-corrected chi connectivity index (χ1v) is 6.93. The summed E-state index contributed by atoms with van der Waals surface area (Å²) in [6, 6.07) is 0. The van der Waals surface area contributed by atoms with Crippen molar-refractivity contribution < 1.29 is 62.9 Å². The average Bonchev–Trinajstić information content (AvgIpc) is 2.40. The molecule has 0 amide bonds. The molecule has 0 bridgehead atoms. The molecule has 1 fully saturated rings. The van der Waals surface area contributed by atoms with Gasteiger partial charge in [-0.2, -0.15) is 52.7 Å². The number of hydrogen-bond donors (Lipinski definition) is 2. The average molecular weight is 416 g/mol. The zero-order chi connectivity index (χ0) is 21.0. The number of aliphatic hydroxyl groups is 2. The Labute approximate surface area is 137 Å². The highest BCUT2D eigenvalue weighted by Gasteiger charge is 2.77. The topological polar surface area (TPSA) is 40.5 Å². The molecule has 0 aromatic rings. The summed E-state index contributed by atoms with van der Waals surface area (Å²) in [4.78, 5) is 0. The number of alkyl halides is 12. The molecule has 0 saturated heterocycles. The van der Waals surface area contributed by atoms with E-state index in [2.05, 4.69) is 0 Å². The van der Waals surface area contributed by atoms with Crippen LogP contribution in [0, 0.1) is 11.8 Å². The Morgan fingerprint density at radius 2 is 0.731 bits per heavy atom. The summed E-state index contributed by atoms with van der Waals surface area (Å²) in [7, 11) is 0. The monoisotopic (exact) mass is 416 g/mol. The van der Waals surface area contributed by atoms with Crippen LogP contribution in [0.2, 0.25) is 0 Å². The van der Waals surface area contributed by atoms with E-state index in [0.29, 0.717) is 0 Å². The Bertz CT molecular complexity index is 428. The largest absolute Gasteiger partial charge is 0.426 e. The van der Waals surface area contributed by atoms with Crippen LogP contribution >= 0.6 is 0 Å². The Kier molecular flexibility index (Phi) is 5.61. The first-order chi connectivity index (χ1) is 11.2. The molecule has 1 aliphatic rings. The quantitative estimate of drug-likeness (QED) is 0.651. The van der Waals surface area contributed by atoms with E-state index in [1.165, 1.54) is 0 Å². The van der Waals surface area contributed by atoms with Crippen LogP contribution in [-0.4, -0.2) is 46.1 Å². The Hall–Kier alpha value is -0.920. The summed E-state index contributed by atoms with van der Waals surface area (Å²) in [6.45, 7) is 0. The molecule has 1 saturated carbocycles. The van der Waals surface area contributed by atoms with Crippen molar-refractivity contribution in [2.24, 2.45) is 11.8 Å². The molecule has 2 nitrogen and oxygen atoms in total. The maximum absolute atomic E-state index is 12.8. The summed E-state index contributed by atoms with van der Waals surface area (Å²) in [5, 5.41) is 18.4. The molecule has 156 valence electrons. The lowest BCUT2D eigenvalue weighted by molar-refractivity contribution is -0.403. The third-order valence-corrected chi connectivity index (χ3v) is 4.58. The van der Waals surface area contributed by atoms with E-state index in [1.807, 2.05) is 0 Å². The van der Waals surface area contributed by atoms with Crippen molar-refractivity contribution in [1.82, 2.24) is 0 Å². The molecule has 14 heteroatoms. The van der Waals surface area contributed by atoms with Crippen molar-refractivity contribution in [1.29, 1.82) is 0 Å². The Balaban J connectivity index is 3.39. The molecule has 1 rings (SSSR count). The molecule has 26 heavy (non-hydrogen) atoms. The zero-order valence-corrected chi connectivity index (χ0v) is 12.4. The third kappa shape index (κ3) is 3.45. The highest BCUT2D eigenvalue weighted by molar-refractivity contribution is 5.06. The molecule has 0 aromatic heterocycles. The van der Waals surface area contributed by atoms with Crippen molar-refractivity contribution in [3.8, 4) is 0 Å². The van der Waals surface area contributed by atoms with E-state index in [-0.39, 0.29) is 0 Å². The Morgan fingerprint density at radius 1 is 0.500 bits per heavy atom. The van der Waals surface area contributed by atoms with Crippen molar-refractivity contribution >= 4 is 0 Å². The van der Waals surface area contributed by atoms with Gasteiger partial charge in [0, 0.05) is 11.8 Å². The molecular weight excluding hydrogens is 404 g/mol. The van der Waals surface area contributed by atoms with Gasteiger partial charge < -0.3 is 10.2 Å². The molecule has 0 spiro atoms. The minimum absolute atomic E-state index is 0.918. The van der Waals surface area contributed by atoms with Crippen LogP contribution in [0.3, 0.4) is 0 Å². The number of halogens is 12. The fourth-order valence-electron chi connectivity index (χ4n) is 3.20. The molecular formula is C12H12F12O2. The van der Waals surface area contributed by atoms with Gasteiger partial charge in [-0.1, -0.05) is 6.42 Å². The smallest absolute Gasteiger partial charge is 0.373 e. The van der Waals surface area contributed by atoms with Crippen molar-refractivity contribution in [3.05, 3.63) is 0 Å². The first-order valence-electron chi connectivity index (χ1n) is 6.93. The second kappa shape index (κ2) is 6.31. The van der Waals surface area contributed by atoms with Crippen LogP contribution in [0.15, 0.2) is 0 Å². The predicted octanol–water partition coefficient (Wildman–Crippen LogP) is 4.50. The lowest BCUT2D eigenvalue weighted by Crippen LogP contribution is -2.66. The molecule has 0 aromatic carbocycles. The second-order valence-corrected chi connectivity index (χ2v) is 6.08. The van der Waals surface area contributed by atoms with Gasteiger partial charge in [0.25, 0.3) is 11.2 Å². The molecule has 2 N–H and O–H groups in total. The molecule has 0 heterocycles. The Morgan fingerprint density at radius 3 is 0.923 bits per heavy atom. The second-order valence-electron chi connectivity index (χ2n) is 6.08. The van der Waals surface area contributed by atoms with E-state index in [9.17, 15) is 62.9 Å².